The van der Waals surface area contributed by atoms with E-state index in [1.165, 1.54) is 5.56 Å². The summed E-state index contributed by atoms with van der Waals surface area (Å²) < 4.78 is 7.24. The van der Waals surface area contributed by atoms with Crippen molar-refractivity contribution in [3.05, 3.63) is 53.3 Å². The van der Waals surface area contributed by atoms with Crippen molar-refractivity contribution >= 4 is 11.7 Å². The second kappa shape index (κ2) is 8.83. The van der Waals surface area contributed by atoms with Crippen LogP contribution in [0.15, 0.2) is 36.7 Å². The number of aliphatic hydroxyl groups is 1. The van der Waals surface area contributed by atoms with Gasteiger partial charge in [-0.3, -0.25) is 4.79 Å². The average molecular weight is 422 g/mol. The number of aromatic nitrogens is 4. The number of fused-ring (bicyclic) bond motifs is 1. The van der Waals surface area contributed by atoms with Crippen LogP contribution in [0.4, 0.5) is 5.82 Å². The lowest BCUT2D eigenvalue weighted by Gasteiger charge is -2.26. The highest BCUT2D eigenvalue weighted by atomic mass is 16.5. The monoisotopic (exact) mass is 422 g/mol. The van der Waals surface area contributed by atoms with Gasteiger partial charge < -0.3 is 24.6 Å². The normalized spacial score (nSPS) is 14.7. The Bertz CT molecular complexity index is 1100. The number of rotatable bonds is 6. The summed E-state index contributed by atoms with van der Waals surface area (Å²) in [6.07, 6.45) is 2.48. The molecule has 1 aromatic carbocycles. The van der Waals surface area contributed by atoms with E-state index in [0.717, 1.165) is 25.1 Å². The predicted molar refractivity (Wildman–Crippen MR) is 116 cm³/mol. The number of carbonyl (C=O) groups excluding carboxylic acids is 1. The fourth-order valence-corrected chi connectivity index (χ4v) is 3.72. The molecule has 0 aliphatic carbocycles. The Morgan fingerprint density at radius 3 is 2.94 bits per heavy atom. The van der Waals surface area contributed by atoms with Gasteiger partial charge in [0.05, 0.1) is 25.3 Å². The smallest absolute Gasteiger partial charge is 0.260 e. The van der Waals surface area contributed by atoms with E-state index in [1.54, 1.807) is 36.2 Å². The predicted octanol–water partition coefficient (Wildman–Crippen LogP) is 2.14. The summed E-state index contributed by atoms with van der Waals surface area (Å²) in [6.45, 7) is 3.59. The van der Waals surface area contributed by atoms with Crippen LogP contribution in [-0.2, 0) is 13.0 Å². The molecule has 31 heavy (non-hydrogen) atoms. The first-order chi connectivity index (χ1) is 15.0. The zero-order valence-electron chi connectivity index (χ0n) is 17.9. The van der Waals surface area contributed by atoms with Crippen LogP contribution in [0.2, 0.25) is 0 Å². The summed E-state index contributed by atoms with van der Waals surface area (Å²) >= 11 is 0. The number of benzene rings is 1. The van der Waals surface area contributed by atoms with Crippen molar-refractivity contribution in [2.24, 2.45) is 0 Å². The molecule has 1 amide bonds. The van der Waals surface area contributed by atoms with Gasteiger partial charge in [0.2, 0.25) is 0 Å². The van der Waals surface area contributed by atoms with E-state index in [-0.39, 0.29) is 18.6 Å². The van der Waals surface area contributed by atoms with E-state index in [2.05, 4.69) is 32.4 Å². The number of anilines is 1. The minimum atomic E-state index is -0.289. The SMILES string of the molecule is COc1cc2c(cc1C(=O)Nc1cccc(-c3nncn3C(C)CO)n1)CN(C)CC2. The molecule has 0 saturated carbocycles. The van der Waals surface area contributed by atoms with Crippen LogP contribution in [0.3, 0.4) is 0 Å². The maximum absolute atomic E-state index is 13.1. The van der Waals surface area contributed by atoms with Gasteiger partial charge in [-0.2, -0.15) is 0 Å². The lowest BCUT2D eigenvalue weighted by molar-refractivity contribution is 0.102. The molecule has 1 aliphatic heterocycles. The Labute approximate surface area is 180 Å². The van der Waals surface area contributed by atoms with Gasteiger partial charge in [-0.15, -0.1) is 10.2 Å². The molecule has 9 nitrogen and oxygen atoms in total. The summed E-state index contributed by atoms with van der Waals surface area (Å²) in [5.41, 5.74) is 3.37. The van der Waals surface area contributed by atoms with E-state index in [1.807, 2.05) is 19.1 Å². The van der Waals surface area contributed by atoms with Crippen LogP contribution in [0, 0.1) is 0 Å². The third-order valence-electron chi connectivity index (χ3n) is 5.50. The standard InChI is InChI=1S/C22H26N6O3/c1-14(12-29)28-13-23-26-21(28)18-5-4-6-20(24-18)25-22(30)17-9-16-11-27(2)8-7-15(16)10-19(17)31-3/h4-6,9-10,13-14,29H,7-8,11-12H2,1-3H3,(H,24,25,30). The van der Waals surface area contributed by atoms with Crippen molar-refractivity contribution in [1.29, 1.82) is 0 Å². The molecule has 1 unspecified atom stereocenters. The number of carbonyl (C=O) groups is 1. The zero-order valence-corrected chi connectivity index (χ0v) is 17.9. The molecular weight excluding hydrogens is 396 g/mol. The van der Waals surface area contributed by atoms with Crippen molar-refractivity contribution in [2.75, 3.05) is 32.6 Å². The summed E-state index contributed by atoms with van der Waals surface area (Å²) in [5.74, 6) is 1.17. The van der Waals surface area contributed by atoms with Gasteiger partial charge in [0.15, 0.2) is 5.82 Å². The van der Waals surface area contributed by atoms with Gasteiger partial charge in [0.1, 0.15) is 23.6 Å². The number of amides is 1. The summed E-state index contributed by atoms with van der Waals surface area (Å²) in [7, 11) is 3.64. The molecule has 9 heteroatoms. The first-order valence-electron chi connectivity index (χ1n) is 10.2. The number of aliphatic hydroxyl groups excluding tert-OH is 1. The summed E-state index contributed by atoms with van der Waals surface area (Å²) in [5, 5.41) is 20.4. The van der Waals surface area contributed by atoms with Crippen molar-refractivity contribution in [2.45, 2.75) is 25.9 Å². The number of nitrogens with zero attached hydrogens (tertiary/aromatic N) is 5. The Kier molecular flexibility index (Phi) is 5.97. The van der Waals surface area contributed by atoms with Crippen molar-refractivity contribution in [3.63, 3.8) is 0 Å². The number of hydrogen-bond donors (Lipinski definition) is 2. The van der Waals surface area contributed by atoms with E-state index in [0.29, 0.717) is 28.6 Å². The molecule has 0 saturated heterocycles. The third kappa shape index (κ3) is 4.28. The molecule has 2 aromatic heterocycles. The van der Waals surface area contributed by atoms with Gasteiger partial charge in [-0.25, -0.2) is 4.98 Å². The Morgan fingerprint density at radius 2 is 2.16 bits per heavy atom. The molecule has 1 aliphatic rings. The molecule has 2 N–H and O–H groups in total. The van der Waals surface area contributed by atoms with Crippen LogP contribution >= 0.6 is 0 Å². The van der Waals surface area contributed by atoms with Crippen LogP contribution in [-0.4, -0.2) is 63.0 Å². The van der Waals surface area contributed by atoms with Crippen molar-refractivity contribution in [1.82, 2.24) is 24.6 Å². The molecule has 3 aromatic rings. The molecule has 1 atom stereocenters. The van der Waals surface area contributed by atoms with Gasteiger partial charge in [-0.05, 0) is 55.8 Å². The molecule has 162 valence electrons. The molecular formula is C22H26N6O3. The molecule has 0 fully saturated rings. The number of hydrogen-bond acceptors (Lipinski definition) is 7. The molecule has 0 radical (unpaired) electrons. The first kappa shape index (κ1) is 21.0. The Morgan fingerprint density at radius 1 is 1.32 bits per heavy atom. The highest BCUT2D eigenvalue weighted by molar-refractivity contribution is 6.06. The largest absolute Gasteiger partial charge is 0.496 e. The molecule has 4 rings (SSSR count). The van der Waals surface area contributed by atoms with Crippen molar-refractivity contribution in [3.8, 4) is 17.3 Å². The first-order valence-corrected chi connectivity index (χ1v) is 10.2. The number of pyridine rings is 1. The van der Waals surface area contributed by atoms with Gasteiger partial charge in [0.25, 0.3) is 5.91 Å². The maximum Gasteiger partial charge on any atom is 0.260 e. The number of methoxy groups -OCH3 is 1. The number of nitrogens with one attached hydrogen (secondary N) is 1. The van der Waals surface area contributed by atoms with E-state index >= 15 is 0 Å². The molecule has 3 heterocycles. The van der Waals surface area contributed by atoms with Crippen LogP contribution in [0.1, 0.15) is 34.5 Å². The van der Waals surface area contributed by atoms with Crippen LogP contribution < -0.4 is 10.1 Å². The lowest BCUT2D eigenvalue weighted by Crippen LogP contribution is -2.27. The van der Waals surface area contributed by atoms with E-state index in [9.17, 15) is 9.90 Å². The number of likely N-dealkylation sites (N-methyl/N-ethyl adjacent to an activating group) is 1. The van der Waals surface area contributed by atoms with Gasteiger partial charge in [0, 0.05) is 13.1 Å². The van der Waals surface area contributed by atoms with Gasteiger partial charge in [-0.1, -0.05) is 6.07 Å². The average Bonchev–Trinajstić information content (AvgIpc) is 3.27. The second-order valence-electron chi connectivity index (χ2n) is 7.76. The summed E-state index contributed by atoms with van der Waals surface area (Å²) in [4.78, 5) is 19.8. The topological polar surface area (TPSA) is 105 Å². The third-order valence-corrected chi connectivity index (χ3v) is 5.50. The summed E-state index contributed by atoms with van der Waals surface area (Å²) in [6, 6.07) is 8.97. The quantitative estimate of drug-likeness (QED) is 0.627. The van der Waals surface area contributed by atoms with E-state index < -0.39 is 0 Å². The van der Waals surface area contributed by atoms with Crippen LogP contribution in [0.25, 0.3) is 11.5 Å². The lowest BCUT2D eigenvalue weighted by atomic mass is 9.96. The fraction of sp³-hybridized carbons (Fsp3) is 0.364. The molecule has 0 spiro atoms. The zero-order chi connectivity index (χ0) is 22.0. The maximum atomic E-state index is 13.1. The Hall–Kier alpha value is -3.30. The second-order valence-corrected chi connectivity index (χ2v) is 7.76. The highest BCUT2D eigenvalue weighted by Crippen LogP contribution is 2.28. The fourth-order valence-electron chi connectivity index (χ4n) is 3.72. The minimum Gasteiger partial charge on any atom is -0.496 e. The van der Waals surface area contributed by atoms with Gasteiger partial charge >= 0.3 is 0 Å². The number of ether oxygens (including phenoxy) is 1. The molecule has 0 bridgehead atoms. The Balaban J connectivity index is 1.61. The van der Waals surface area contributed by atoms with Crippen molar-refractivity contribution < 1.29 is 14.6 Å². The minimum absolute atomic E-state index is 0.0468. The highest BCUT2D eigenvalue weighted by Gasteiger charge is 2.21. The van der Waals surface area contributed by atoms with E-state index in [4.69, 9.17) is 4.74 Å². The van der Waals surface area contributed by atoms with Crippen LogP contribution in [0.5, 0.6) is 5.75 Å².